The minimum absolute atomic E-state index is 0.00581. The zero-order valence-corrected chi connectivity index (χ0v) is 28.0. The number of nitrogens with zero attached hydrogens (tertiary/aromatic N) is 2. The van der Waals surface area contributed by atoms with Crippen LogP contribution in [0.3, 0.4) is 0 Å². The molecule has 48 heavy (non-hydrogen) atoms. The highest BCUT2D eigenvalue weighted by Gasteiger charge is 2.60. The van der Waals surface area contributed by atoms with Crippen molar-refractivity contribution in [3.8, 4) is 0 Å². The number of likely N-dealkylation sites (tertiary alicyclic amines) is 2. The van der Waals surface area contributed by atoms with E-state index in [1.807, 2.05) is 30.3 Å². The van der Waals surface area contributed by atoms with Crippen molar-refractivity contribution in [1.82, 2.24) is 9.80 Å². The Kier molecular flexibility index (Phi) is 11.8. The molecule has 0 radical (unpaired) electrons. The van der Waals surface area contributed by atoms with Crippen molar-refractivity contribution >= 4 is 29.5 Å². The predicted octanol–water partition coefficient (Wildman–Crippen LogP) is 6.77. The third kappa shape index (κ3) is 9.13. The Balaban J connectivity index is 0.000000275. The third-order valence-electron chi connectivity index (χ3n) is 9.06. The molecule has 2 aliphatic rings. The molecule has 0 aromatic heterocycles. The fraction of sp³-hybridized carbons (Fsp3) is 0.545. The van der Waals surface area contributed by atoms with Gasteiger partial charge in [0.2, 0.25) is 5.91 Å². The van der Waals surface area contributed by atoms with Crippen molar-refractivity contribution in [1.29, 1.82) is 0 Å². The highest BCUT2D eigenvalue weighted by molar-refractivity contribution is 6.30. The van der Waals surface area contributed by atoms with E-state index in [9.17, 15) is 40.7 Å². The molecule has 2 heterocycles. The van der Waals surface area contributed by atoms with Gasteiger partial charge in [0.15, 0.2) is 5.60 Å². The van der Waals surface area contributed by atoms with Crippen LogP contribution >= 0.6 is 11.6 Å². The zero-order chi connectivity index (χ0) is 36.4. The van der Waals surface area contributed by atoms with Crippen molar-refractivity contribution in [2.45, 2.75) is 95.4 Å². The number of ether oxygens (including phenoxy) is 1. The lowest BCUT2D eigenvalue weighted by molar-refractivity contribution is -0.197. The SMILES string of the molecule is C[C@@H]1[C@H](c2cccc(Cl)c2)C[C@](OC(N)=O)(C(C)(C)C)C(=O)N1CC(F)(F)F.C[C@@H]1[C@H](c2ccccc2)C[C@H](N)C(=O)N1CC(F)(F)F. The van der Waals surface area contributed by atoms with Crippen LogP contribution in [0.15, 0.2) is 54.6 Å². The maximum absolute atomic E-state index is 13.2. The molecule has 0 spiro atoms. The third-order valence-corrected chi connectivity index (χ3v) is 9.29. The standard InChI is InChI=1S/C19H24ClF3N2O3.C14H17F3N2O/c1-11-14(12-6-5-7-13(20)8-12)9-18(17(2,3)4,28-16(24)27)15(26)25(11)10-19(21,22)23;1-9-11(10-5-3-2-4-6-10)7-12(18)13(20)19(9)8-14(15,16)17/h5-8,11,14H,9-10H2,1-4H3,(H2,24,27);2-6,9,11-12H,7-8,18H2,1H3/t11-,14-,18-;9-,11-,12+/m11/s1. The topological polar surface area (TPSA) is 119 Å². The summed E-state index contributed by atoms with van der Waals surface area (Å²) >= 11 is 6.06. The Labute approximate surface area is 280 Å². The molecule has 4 N–H and O–H groups in total. The quantitative estimate of drug-likeness (QED) is 0.333. The summed E-state index contributed by atoms with van der Waals surface area (Å²) in [4.78, 5) is 38.3. The van der Waals surface area contributed by atoms with E-state index in [0.29, 0.717) is 17.0 Å². The Hall–Kier alpha value is -3.52. The molecule has 2 aromatic carbocycles. The average molecular weight is 707 g/mol. The first-order valence-electron chi connectivity index (χ1n) is 15.3. The fourth-order valence-corrected chi connectivity index (χ4v) is 6.71. The molecule has 4 rings (SSSR count). The minimum Gasteiger partial charge on any atom is -0.432 e. The van der Waals surface area contributed by atoms with Crippen LogP contribution in [0, 0.1) is 5.41 Å². The Morgan fingerprint density at radius 3 is 1.90 bits per heavy atom. The van der Waals surface area contributed by atoms with Gasteiger partial charge in [-0.25, -0.2) is 4.79 Å². The largest absolute Gasteiger partial charge is 0.432 e. The average Bonchev–Trinajstić information content (AvgIpc) is 2.96. The van der Waals surface area contributed by atoms with Gasteiger partial charge in [0.05, 0.1) is 6.04 Å². The van der Waals surface area contributed by atoms with Gasteiger partial charge in [-0.05, 0) is 43.5 Å². The summed E-state index contributed by atoms with van der Waals surface area (Å²) in [5, 5.41) is 0.418. The first-order valence-corrected chi connectivity index (χ1v) is 15.6. The van der Waals surface area contributed by atoms with E-state index in [1.54, 1.807) is 58.9 Å². The van der Waals surface area contributed by atoms with Gasteiger partial charge in [0, 0.05) is 40.8 Å². The van der Waals surface area contributed by atoms with Crippen LogP contribution < -0.4 is 11.5 Å². The second-order valence-electron chi connectivity index (χ2n) is 13.3. The lowest BCUT2D eigenvalue weighted by Crippen LogP contribution is -2.67. The van der Waals surface area contributed by atoms with Crippen LogP contribution in [-0.4, -0.2) is 76.9 Å². The highest BCUT2D eigenvalue weighted by Crippen LogP contribution is 2.49. The molecular formula is C33H41ClF6N4O4. The number of piperidine rings is 2. The summed E-state index contributed by atoms with van der Waals surface area (Å²) < 4.78 is 82.8. The Morgan fingerprint density at radius 1 is 0.875 bits per heavy atom. The van der Waals surface area contributed by atoms with Crippen molar-refractivity contribution in [3.05, 3.63) is 70.7 Å². The second kappa shape index (κ2) is 14.5. The number of hydrogen-bond acceptors (Lipinski definition) is 5. The van der Waals surface area contributed by atoms with Gasteiger partial charge < -0.3 is 26.0 Å². The summed E-state index contributed by atoms with van der Waals surface area (Å²) in [5.41, 5.74) is 9.65. The second-order valence-corrected chi connectivity index (χ2v) is 13.8. The first kappa shape index (κ1) is 38.9. The van der Waals surface area contributed by atoms with Gasteiger partial charge in [-0.2, -0.15) is 26.3 Å². The van der Waals surface area contributed by atoms with Crippen LogP contribution in [0.2, 0.25) is 5.02 Å². The number of rotatable bonds is 5. The molecule has 0 aliphatic carbocycles. The molecular weight excluding hydrogens is 666 g/mol. The molecule has 2 saturated heterocycles. The Morgan fingerprint density at radius 2 is 1.40 bits per heavy atom. The number of carbonyl (C=O) groups excluding carboxylic acids is 3. The maximum atomic E-state index is 13.2. The molecule has 15 heteroatoms. The molecule has 2 aliphatic heterocycles. The highest BCUT2D eigenvalue weighted by atomic mass is 35.5. The molecule has 8 nitrogen and oxygen atoms in total. The van der Waals surface area contributed by atoms with E-state index in [-0.39, 0.29) is 12.3 Å². The zero-order valence-electron chi connectivity index (χ0n) is 27.2. The summed E-state index contributed by atoms with van der Waals surface area (Å²) in [5.74, 6) is -2.24. The maximum Gasteiger partial charge on any atom is 0.406 e. The molecule has 2 fully saturated rings. The van der Waals surface area contributed by atoms with E-state index in [4.69, 9.17) is 27.8 Å². The number of hydrogen-bond donors (Lipinski definition) is 2. The summed E-state index contributed by atoms with van der Waals surface area (Å²) in [7, 11) is 0. The fourth-order valence-electron chi connectivity index (χ4n) is 6.51. The monoisotopic (exact) mass is 706 g/mol. The minimum atomic E-state index is -4.61. The van der Waals surface area contributed by atoms with Crippen molar-refractivity contribution < 1.29 is 45.5 Å². The lowest BCUT2D eigenvalue weighted by Gasteiger charge is -2.53. The summed E-state index contributed by atoms with van der Waals surface area (Å²) in [6.07, 6.45) is -9.87. The molecule has 6 atom stereocenters. The van der Waals surface area contributed by atoms with Crippen molar-refractivity contribution in [2.75, 3.05) is 13.1 Å². The number of amides is 3. The van der Waals surface area contributed by atoms with Gasteiger partial charge in [0.25, 0.3) is 5.91 Å². The normalized spacial score (nSPS) is 26.9. The first-order chi connectivity index (χ1) is 22.0. The summed E-state index contributed by atoms with van der Waals surface area (Å²) in [6.45, 7) is 5.38. The van der Waals surface area contributed by atoms with E-state index < -0.39 is 78.4 Å². The van der Waals surface area contributed by atoms with E-state index >= 15 is 0 Å². The van der Waals surface area contributed by atoms with Crippen LogP contribution in [-0.2, 0) is 14.3 Å². The van der Waals surface area contributed by atoms with Gasteiger partial charge in [-0.1, -0.05) is 74.8 Å². The van der Waals surface area contributed by atoms with Gasteiger partial charge in [0.1, 0.15) is 13.1 Å². The van der Waals surface area contributed by atoms with E-state index in [1.165, 1.54) is 0 Å². The molecule has 0 saturated carbocycles. The van der Waals surface area contributed by atoms with Crippen LogP contribution in [0.5, 0.6) is 0 Å². The number of nitrogens with two attached hydrogens (primary N) is 2. The van der Waals surface area contributed by atoms with Crippen LogP contribution in [0.4, 0.5) is 31.1 Å². The van der Waals surface area contributed by atoms with Crippen molar-refractivity contribution in [2.24, 2.45) is 16.9 Å². The van der Waals surface area contributed by atoms with Gasteiger partial charge in [-0.3, -0.25) is 9.59 Å². The number of alkyl halides is 6. The van der Waals surface area contributed by atoms with E-state index in [2.05, 4.69) is 0 Å². The predicted molar refractivity (Wildman–Crippen MR) is 168 cm³/mol. The van der Waals surface area contributed by atoms with Crippen molar-refractivity contribution in [3.63, 3.8) is 0 Å². The van der Waals surface area contributed by atoms with Gasteiger partial charge in [-0.15, -0.1) is 0 Å². The van der Waals surface area contributed by atoms with Crippen LogP contribution in [0.25, 0.3) is 0 Å². The number of carbonyl (C=O) groups is 3. The van der Waals surface area contributed by atoms with E-state index in [0.717, 1.165) is 15.4 Å². The van der Waals surface area contributed by atoms with Crippen LogP contribution in [0.1, 0.15) is 70.4 Å². The lowest BCUT2D eigenvalue weighted by atomic mass is 9.65. The van der Waals surface area contributed by atoms with Gasteiger partial charge >= 0.3 is 18.4 Å². The molecule has 3 amide bonds. The molecule has 0 unspecified atom stereocenters. The summed E-state index contributed by atoms with van der Waals surface area (Å²) in [6, 6.07) is 13.7. The number of primary amides is 1. The smallest absolute Gasteiger partial charge is 0.406 e. The molecule has 2 aromatic rings. The number of halogens is 7. The number of benzene rings is 2. The molecule has 0 bridgehead atoms. The molecule has 266 valence electrons. The Bertz CT molecular complexity index is 1450.